The van der Waals surface area contributed by atoms with Gasteiger partial charge in [-0.3, -0.25) is 9.59 Å². The quantitative estimate of drug-likeness (QED) is 0.694. The van der Waals surface area contributed by atoms with Gasteiger partial charge in [0.05, 0.1) is 6.61 Å². The zero-order chi connectivity index (χ0) is 19.7. The Morgan fingerprint density at radius 3 is 2.46 bits per heavy atom. The fraction of sp³-hybridized carbons (Fsp3) is 0.600. The monoisotopic (exact) mass is 363 g/mol. The molecule has 0 spiro atoms. The first-order chi connectivity index (χ1) is 12.3. The van der Waals surface area contributed by atoms with E-state index in [2.05, 4.69) is 5.32 Å². The zero-order valence-corrected chi connectivity index (χ0v) is 17.0. The molecule has 1 aromatic carbocycles. The number of amides is 2. The van der Waals surface area contributed by atoms with Crippen molar-refractivity contribution in [2.45, 2.75) is 40.2 Å². The Kier molecular flexibility index (Phi) is 9.13. The van der Waals surface area contributed by atoms with Gasteiger partial charge in [-0.25, -0.2) is 0 Å². The second-order valence-corrected chi connectivity index (χ2v) is 7.05. The summed E-state index contributed by atoms with van der Waals surface area (Å²) in [5.74, 6) is 0.396. The van der Waals surface area contributed by atoms with Crippen LogP contribution in [0.3, 0.4) is 0 Å². The van der Waals surface area contributed by atoms with Gasteiger partial charge in [0.15, 0.2) is 0 Å². The lowest BCUT2D eigenvalue weighted by molar-refractivity contribution is -0.132. The highest BCUT2D eigenvalue weighted by Gasteiger charge is 2.16. The van der Waals surface area contributed by atoms with Gasteiger partial charge >= 0.3 is 0 Å². The SMILES string of the molecule is CCC(=O)N(CCOC)Cc1cc(NC(=O)CC(C)C)ccc1N(C)C. The minimum atomic E-state index is 0.00410. The molecule has 0 radical (unpaired) electrons. The highest BCUT2D eigenvalue weighted by Crippen LogP contribution is 2.25. The third kappa shape index (κ3) is 7.04. The lowest BCUT2D eigenvalue weighted by Gasteiger charge is -2.26. The fourth-order valence-electron chi connectivity index (χ4n) is 2.73. The van der Waals surface area contributed by atoms with Crippen LogP contribution in [0.25, 0.3) is 0 Å². The van der Waals surface area contributed by atoms with Crippen LogP contribution >= 0.6 is 0 Å². The van der Waals surface area contributed by atoms with Gasteiger partial charge in [0, 0.05) is 58.5 Å². The maximum absolute atomic E-state index is 12.3. The van der Waals surface area contributed by atoms with Gasteiger partial charge in [0.2, 0.25) is 11.8 Å². The Labute approximate surface area is 157 Å². The topological polar surface area (TPSA) is 61.9 Å². The van der Waals surface area contributed by atoms with Crippen LogP contribution in [0.1, 0.15) is 39.2 Å². The summed E-state index contributed by atoms with van der Waals surface area (Å²) in [7, 11) is 5.57. The van der Waals surface area contributed by atoms with E-state index >= 15 is 0 Å². The molecular formula is C20H33N3O3. The van der Waals surface area contributed by atoms with E-state index in [4.69, 9.17) is 4.74 Å². The summed E-state index contributed by atoms with van der Waals surface area (Å²) >= 11 is 0. The molecule has 0 aliphatic heterocycles. The average Bonchev–Trinajstić information content (AvgIpc) is 2.56. The first kappa shape index (κ1) is 22.0. The summed E-state index contributed by atoms with van der Waals surface area (Å²) < 4.78 is 5.13. The summed E-state index contributed by atoms with van der Waals surface area (Å²) in [6, 6.07) is 5.83. The number of carbonyl (C=O) groups excluding carboxylic acids is 2. The number of rotatable bonds is 10. The summed E-state index contributed by atoms with van der Waals surface area (Å²) in [5.41, 5.74) is 2.78. The van der Waals surface area contributed by atoms with Crippen LogP contribution in [0, 0.1) is 5.92 Å². The van der Waals surface area contributed by atoms with Gasteiger partial charge in [0.1, 0.15) is 0 Å². The van der Waals surface area contributed by atoms with E-state index in [1.165, 1.54) is 0 Å². The van der Waals surface area contributed by atoms with Crippen molar-refractivity contribution in [3.05, 3.63) is 23.8 Å². The summed E-state index contributed by atoms with van der Waals surface area (Å²) in [6.07, 6.45) is 0.935. The van der Waals surface area contributed by atoms with Crippen molar-refractivity contribution in [1.29, 1.82) is 0 Å². The fourth-order valence-corrected chi connectivity index (χ4v) is 2.73. The van der Waals surface area contributed by atoms with Crippen molar-refractivity contribution in [1.82, 2.24) is 4.90 Å². The van der Waals surface area contributed by atoms with E-state index in [0.29, 0.717) is 38.5 Å². The van der Waals surface area contributed by atoms with Crippen molar-refractivity contribution >= 4 is 23.2 Å². The molecule has 26 heavy (non-hydrogen) atoms. The third-order valence-electron chi connectivity index (χ3n) is 4.02. The number of benzene rings is 1. The van der Waals surface area contributed by atoms with Crippen LogP contribution in [-0.4, -0.2) is 51.1 Å². The normalized spacial score (nSPS) is 10.7. The zero-order valence-electron chi connectivity index (χ0n) is 17.0. The molecule has 0 atom stereocenters. The molecule has 6 nitrogen and oxygen atoms in total. The van der Waals surface area contributed by atoms with Crippen LogP contribution < -0.4 is 10.2 Å². The Hall–Kier alpha value is -2.08. The van der Waals surface area contributed by atoms with Crippen molar-refractivity contribution in [2.75, 3.05) is 44.6 Å². The standard InChI is InChI=1S/C20H33N3O3/c1-7-20(25)23(10-11-26-6)14-16-13-17(8-9-18(16)22(4)5)21-19(24)12-15(2)3/h8-9,13,15H,7,10-12,14H2,1-6H3,(H,21,24). The number of hydrogen-bond donors (Lipinski definition) is 1. The Morgan fingerprint density at radius 2 is 1.92 bits per heavy atom. The van der Waals surface area contributed by atoms with E-state index in [1.807, 2.05) is 58.0 Å². The predicted molar refractivity (Wildman–Crippen MR) is 106 cm³/mol. The number of ether oxygens (including phenoxy) is 1. The molecule has 0 fully saturated rings. The van der Waals surface area contributed by atoms with E-state index in [0.717, 1.165) is 16.9 Å². The molecule has 0 heterocycles. The van der Waals surface area contributed by atoms with Gasteiger partial charge in [0.25, 0.3) is 0 Å². The number of anilines is 2. The lowest BCUT2D eigenvalue weighted by atomic mass is 10.1. The Bertz CT molecular complexity index is 600. The summed E-state index contributed by atoms with van der Waals surface area (Å²) in [5, 5.41) is 2.95. The molecule has 146 valence electrons. The molecule has 1 aromatic rings. The second-order valence-electron chi connectivity index (χ2n) is 7.05. The number of nitrogens with zero attached hydrogens (tertiary/aromatic N) is 2. The van der Waals surface area contributed by atoms with Gasteiger partial charge in [-0.05, 0) is 29.7 Å². The van der Waals surface area contributed by atoms with Gasteiger partial charge < -0.3 is 19.9 Å². The molecule has 0 aromatic heterocycles. The van der Waals surface area contributed by atoms with Gasteiger partial charge in [-0.2, -0.15) is 0 Å². The molecule has 0 aliphatic rings. The molecule has 0 saturated carbocycles. The number of hydrogen-bond acceptors (Lipinski definition) is 4. The van der Waals surface area contributed by atoms with E-state index in [1.54, 1.807) is 12.0 Å². The summed E-state index contributed by atoms with van der Waals surface area (Å²) in [4.78, 5) is 28.2. The maximum atomic E-state index is 12.3. The smallest absolute Gasteiger partial charge is 0.224 e. The van der Waals surface area contributed by atoms with Gasteiger partial charge in [-0.15, -0.1) is 0 Å². The van der Waals surface area contributed by atoms with Crippen molar-refractivity contribution in [3.63, 3.8) is 0 Å². The third-order valence-corrected chi connectivity index (χ3v) is 4.02. The van der Waals surface area contributed by atoms with E-state index in [9.17, 15) is 9.59 Å². The minimum Gasteiger partial charge on any atom is -0.383 e. The van der Waals surface area contributed by atoms with Crippen molar-refractivity contribution < 1.29 is 14.3 Å². The number of methoxy groups -OCH3 is 1. The molecular weight excluding hydrogens is 330 g/mol. The molecule has 2 amide bonds. The van der Waals surface area contributed by atoms with Crippen LogP contribution in [0.5, 0.6) is 0 Å². The van der Waals surface area contributed by atoms with Crippen LogP contribution in [0.4, 0.5) is 11.4 Å². The van der Waals surface area contributed by atoms with Crippen molar-refractivity contribution in [3.8, 4) is 0 Å². The maximum Gasteiger partial charge on any atom is 0.224 e. The van der Waals surface area contributed by atoms with E-state index in [-0.39, 0.29) is 11.8 Å². The van der Waals surface area contributed by atoms with Gasteiger partial charge in [-0.1, -0.05) is 20.8 Å². The highest BCUT2D eigenvalue weighted by molar-refractivity contribution is 5.91. The second kappa shape index (κ2) is 10.8. The summed E-state index contributed by atoms with van der Waals surface area (Å²) in [6.45, 7) is 7.41. The number of carbonyl (C=O) groups is 2. The molecule has 1 N–H and O–H groups in total. The molecule has 0 aliphatic carbocycles. The van der Waals surface area contributed by atoms with Crippen LogP contribution in [0.15, 0.2) is 18.2 Å². The number of nitrogens with one attached hydrogen (secondary N) is 1. The Morgan fingerprint density at radius 1 is 1.23 bits per heavy atom. The molecule has 1 rings (SSSR count). The van der Waals surface area contributed by atoms with Crippen LogP contribution in [-0.2, 0) is 20.9 Å². The lowest BCUT2D eigenvalue weighted by Crippen LogP contribution is -2.33. The molecule has 0 bridgehead atoms. The predicted octanol–water partition coefficient (Wildman–Crippen LogP) is 3.12. The Balaban J connectivity index is 3.05. The molecule has 6 heteroatoms. The van der Waals surface area contributed by atoms with Crippen molar-refractivity contribution in [2.24, 2.45) is 5.92 Å². The molecule has 0 saturated heterocycles. The van der Waals surface area contributed by atoms with Crippen LogP contribution in [0.2, 0.25) is 0 Å². The largest absolute Gasteiger partial charge is 0.383 e. The minimum absolute atomic E-state index is 0.00410. The molecule has 0 unspecified atom stereocenters. The first-order valence-corrected chi connectivity index (χ1v) is 9.15. The average molecular weight is 364 g/mol. The first-order valence-electron chi connectivity index (χ1n) is 9.15. The van der Waals surface area contributed by atoms with E-state index < -0.39 is 0 Å². The highest BCUT2D eigenvalue weighted by atomic mass is 16.5.